The summed E-state index contributed by atoms with van der Waals surface area (Å²) in [6.07, 6.45) is 3.63. The molecule has 1 aliphatic rings. The van der Waals surface area contributed by atoms with Crippen molar-refractivity contribution in [2.45, 2.75) is 43.5 Å². The first-order valence-electron chi connectivity index (χ1n) is 6.23. The number of sulfonamides is 1. The largest absolute Gasteiger partial charge is 0.477 e. The van der Waals surface area contributed by atoms with Gasteiger partial charge in [0.25, 0.3) is 0 Å². The van der Waals surface area contributed by atoms with E-state index >= 15 is 0 Å². The van der Waals surface area contributed by atoms with Gasteiger partial charge in [-0.1, -0.05) is 6.92 Å². The second-order valence-electron chi connectivity index (χ2n) is 5.00. The number of hydrogen-bond acceptors (Lipinski definition) is 4. The highest BCUT2D eigenvalue weighted by Crippen LogP contribution is 2.26. The summed E-state index contributed by atoms with van der Waals surface area (Å²) in [4.78, 5) is 10.7. The van der Waals surface area contributed by atoms with E-state index in [2.05, 4.69) is 11.6 Å². The maximum Gasteiger partial charge on any atom is 0.347 e. The highest BCUT2D eigenvalue weighted by Gasteiger charge is 2.28. The van der Waals surface area contributed by atoms with Crippen LogP contribution in [0.5, 0.6) is 0 Å². The summed E-state index contributed by atoms with van der Waals surface area (Å²) < 4.78 is 27.0. The summed E-state index contributed by atoms with van der Waals surface area (Å²) in [6.45, 7) is 2.16. The number of carboxylic acid groups (broad SMARTS) is 1. The van der Waals surface area contributed by atoms with Gasteiger partial charge in [-0.05, 0) is 43.0 Å². The maximum atomic E-state index is 12.2. The van der Waals surface area contributed by atoms with E-state index in [4.69, 9.17) is 5.11 Å². The normalized spacial score (nSPS) is 24.3. The van der Waals surface area contributed by atoms with Gasteiger partial charge in [0.1, 0.15) is 9.77 Å². The van der Waals surface area contributed by atoms with Crippen LogP contribution in [0.25, 0.3) is 0 Å². The molecule has 0 spiro atoms. The zero-order valence-electron chi connectivity index (χ0n) is 10.6. The number of rotatable bonds is 4. The maximum absolute atomic E-state index is 12.2. The molecular weight excluding hydrogens is 286 g/mol. The van der Waals surface area contributed by atoms with Gasteiger partial charge in [0.15, 0.2) is 0 Å². The molecule has 1 aromatic heterocycles. The number of nitrogens with one attached hydrogen (secondary N) is 1. The van der Waals surface area contributed by atoms with E-state index in [0.29, 0.717) is 5.92 Å². The van der Waals surface area contributed by atoms with Crippen molar-refractivity contribution in [3.63, 3.8) is 0 Å². The number of carbonyl (C=O) groups is 1. The fourth-order valence-electron chi connectivity index (χ4n) is 2.33. The van der Waals surface area contributed by atoms with Gasteiger partial charge >= 0.3 is 5.97 Å². The monoisotopic (exact) mass is 303 g/mol. The van der Waals surface area contributed by atoms with Gasteiger partial charge in [-0.3, -0.25) is 0 Å². The summed E-state index contributed by atoms with van der Waals surface area (Å²) in [5, 5.41) is 10.5. The molecule has 0 aliphatic heterocycles. The molecule has 0 radical (unpaired) electrons. The van der Waals surface area contributed by atoms with Crippen molar-refractivity contribution in [2.24, 2.45) is 5.92 Å². The van der Waals surface area contributed by atoms with Crippen LogP contribution >= 0.6 is 11.3 Å². The van der Waals surface area contributed by atoms with E-state index < -0.39 is 16.0 Å². The quantitative estimate of drug-likeness (QED) is 0.894. The first-order chi connectivity index (χ1) is 8.90. The molecule has 19 heavy (non-hydrogen) atoms. The van der Waals surface area contributed by atoms with Crippen molar-refractivity contribution < 1.29 is 18.3 Å². The van der Waals surface area contributed by atoms with Crippen LogP contribution in [0.15, 0.2) is 16.3 Å². The lowest BCUT2D eigenvalue weighted by molar-refractivity contribution is 0.0698. The van der Waals surface area contributed by atoms with Crippen LogP contribution < -0.4 is 4.72 Å². The third-order valence-corrected chi connectivity index (χ3v) is 6.05. The molecule has 1 fully saturated rings. The van der Waals surface area contributed by atoms with E-state index in [1.165, 1.54) is 11.4 Å². The molecule has 1 aliphatic carbocycles. The Labute approximate surface area is 116 Å². The Kier molecular flexibility index (Phi) is 4.27. The summed E-state index contributed by atoms with van der Waals surface area (Å²) in [5.74, 6) is -0.566. The fourth-order valence-corrected chi connectivity index (χ4v) is 4.89. The zero-order chi connectivity index (χ0) is 14.0. The van der Waals surface area contributed by atoms with E-state index in [-0.39, 0.29) is 15.8 Å². The second kappa shape index (κ2) is 5.60. The lowest BCUT2D eigenvalue weighted by Gasteiger charge is -2.26. The average molecular weight is 303 g/mol. The molecule has 1 aromatic rings. The Hall–Kier alpha value is -0.920. The highest BCUT2D eigenvalue weighted by molar-refractivity contribution is 7.89. The van der Waals surface area contributed by atoms with Gasteiger partial charge in [0, 0.05) is 6.04 Å². The third-order valence-electron chi connectivity index (χ3n) is 3.45. The van der Waals surface area contributed by atoms with Crippen LogP contribution in [0.4, 0.5) is 0 Å². The number of thiophene rings is 1. The lowest BCUT2D eigenvalue weighted by Crippen LogP contribution is -2.37. The summed E-state index contributed by atoms with van der Waals surface area (Å²) in [5.41, 5.74) is 0. The SMILES string of the molecule is CC1CCC(NS(=O)(=O)c2ccsc2C(=O)O)CC1. The van der Waals surface area contributed by atoms with Crippen molar-refractivity contribution in [1.82, 2.24) is 4.72 Å². The Morgan fingerprint density at radius 3 is 2.58 bits per heavy atom. The lowest BCUT2D eigenvalue weighted by atomic mass is 9.88. The molecule has 0 amide bonds. The standard InChI is InChI=1S/C12H17NO4S2/c1-8-2-4-9(5-3-8)13-19(16,17)10-6-7-18-11(10)12(14)15/h6-9,13H,2-5H2,1H3,(H,14,15). The van der Waals surface area contributed by atoms with E-state index in [1.54, 1.807) is 0 Å². The molecule has 0 unspecified atom stereocenters. The van der Waals surface area contributed by atoms with Crippen LogP contribution in [0.3, 0.4) is 0 Å². The predicted octanol–water partition coefficient (Wildman–Crippen LogP) is 2.30. The third kappa shape index (κ3) is 3.34. The molecule has 1 heterocycles. The van der Waals surface area contributed by atoms with Crippen molar-refractivity contribution in [3.05, 3.63) is 16.3 Å². The van der Waals surface area contributed by atoms with E-state index in [0.717, 1.165) is 37.0 Å². The molecule has 2 N–H and O–H groups in total. The minimum Gasteiger partial charge on any atom is -0.477 e. The van der Waals surface area contributed by atoms with Crippen LogP contribution in [-0.4, -0.2) is 25.5 Å². The van der Waals surface area contributed by atoms with Gasteiger partial charge < -0.3 is 5.11 Å². The molecule has 2 rings (SSSR count). The molecule has 0 bridgehead atoms. The van der Waals surface area contributed by atoms with E-state index in [9.17, 15) is 13.2 Å². The fraction of sp³-hybridized carbons (Fsp3) is 0.583. The van der Waals surface area contributed by atoms with Gasteiger partial charge in [-0.15, -0.1) is 11.3 Å². The summed E-state index contributed by atoms with van der Waals surface area (Å²) >= 11 is 0.928. The molecule has 7 heteroatoms. The molecule has 1 saturated carbocycles. The molecule has 5 nitrogen and oxygen atoms in total. The second-order valence-corrected chi connectivity index (χ2v) is 7.60. The average Bonchev–Trinajstić information content (AvgIpc) is 2.82. The van der Waals surface area contributed by atoms with Crippen LogP contribution in [-0.2, 0) is 10.0 Å². The van der Waals surface area contributed by atoms with Crippen molar-refractivity contribution in [2.75, 3.05) is 0 Å². The van der Waals surface area contributed by atoms with Crippen LogP contribution in [0, 0.1) is 5.92 Å². The van der Waals surface area contributed by atoms with Crippen LogP contribution in [0.1, 0.15) is 42.3 Å². The Balaban J connectivity index is 2.14. The number of hydrogen-bond donors (Lipinski definition) is 2. The van der Waals surface area contributed by atoms with Gasteiger partial charge in [-0.25, -0.2) is 17.9 Å². The Bertz CT molecular complexity index is 556. The highest BCUT2D eigenvalue weighted by atomic mass is 32.2. The number of aromatic carboxylic acids is 1. The molecule has 0 aromatic carbocycles. The van der Waals surface area contributed by atoms with Crippen LogP contribution in [0.2, 0.25) is 0 Å². The Morgan fingerprint density at radius 1 is 1.37 bits per heavy atom. The minimum absolute atomic E-state index is 0.0808. The summed E-state index contributed by atoms with van der Waals surface area (Å²) in [7, 11) is -3.73. The first-order valence-corrected chi connectivity index (χ1v) is 8.59. The zero-order valence-corrected chi connectivity index (χ0v) is 12.3. The number of carboxylic acids is 1. The van der Waals surface area contributed by atoms with E-state index in [1.807, 2.05) is 0 Å². The molecule has 0 atom stereocenters. The van der Waals surface area contributed by atoms with Crippen molar-refractivity contribution in [1.29, 1.82) is 0 Å². The minimum atomic E-state index is -3.73. The van der Waals surface area contributed by atoms with Gasteiger partial charge in [-0.2, -0.15) is 0 Å². The Morgan fingerprint density at radius 2 is 2.00 bits per heavy atom. The summed E-state index contributed by atoms with van der Waals surface area (Å²) in [6, 6.07) is 1.27. The topological polar surface area (TPSA) is 83.5 Å². The van der Waals surface area contributed by atoms with Crippen molar-refractivity contribution >= 4 is 27.3 Å². The molecular formula is C12H17NO4S2. The molecule has 0 saturated heterocycles. The predicted molar refractivity (Wildman–Crippen MR) is 73.0 cm³/mol. The first kappa shape index (κ1) is 14.5. The smallest absolute Gasteiger partial charge is 0.347 e. The van der Waals surface area contributed by atoms with Crippen molar-refractivity contribution in [3.8, 4) is 0 Å². The van der Waals surface area contributed by atoms with Gasteiger partial charge in [0.2, 0.25) is 10.0 Å². The van der Waals surface area contributed by atoms with Gasteiger partial charge in [0.05, 0.1) is 0 Å². The molecule has 106 valence electrons.